The van der Waals surface area contributed by atoms with Crippen LogP contribution in [0.25, 0.3) is 5.57 Å². The quantitative estimate of drug-likeness (QED) is 0.723. The first-order valence-electron chi connectivity index (χ1n) is 9.76. The number of hydrogen-bond acceptors (Lipinski definition) is 4. The van der Waals surface area contributed by atoms with Gasteiger partial charge in [-0.25, -0.2) is 0 Å². The Hall–Kier alpha value is -3.08. The molecule has 0 spiro atoms. The summed E-state index contributed by atoms with van der Waals surface area (Å²) in [6.45, 7) is 3.21. The van der Waals surface area contributed by atoms with Crippen molar-refractivity contribution in [1.29, 1.82) is 0 Å². The Morgan fingerprint density at radius 3 is 2.46 bits per heavy atom. The number of para-hydroxylation sites is 1. The molecule has 0 aliphatic carbocycles. The molecule has 0 atom stereocenters. The largest absolute Gasteiger partial charge is 0.497 e. The third-order valence-corrected chi connectivity index (χ3v) is 5.41. The summed E-state index contributed by atoms with van der Waals surface area (Å²) in [5, 5.41) is 0. The molecule has 2 amide bonds. The molecule has 0 saturated carbocycles. The number of nitrogens with zero attached hydrogens (tertiary/aromatic N) is 2. The number of fused-ring (bicyclic) bond motifs is 1. The summed E-state index contributed by atoms with van der Waals surface area (Å²) in [6.07, 6.45) is 2.60. The van der Waals surface area contributed by atoms with Crippen molar-refractivity contribution in [3.8, 4) is 5.75 Å². The van der Waals surface area contributed by atoms with Crippen molar-refractivity contribution in [2.24, 2.45) is 0 Å². The Kier molecular flexibility index (Phi) is 4.90. The fraction of sp³-hybridized carbons (Fsp3) is 0.304. The van der Waals surface area contributed by atoms with Crippen LogP contribution in [0.1, 0.15) is 30.9 Å². The van der Waals surface area contributed by atoms with Gasteiger partial charge in [-0.3, -0.25) is 14.5 Å². The van der Waals surface area contributed by atoms with Crippen molar-refractivity contribution in [2.75, 3.05) is 25.1 Å². The molecule has 144 valence electrons. The van der Waals surface area contributed by atoms with E-state index in [2.05, 4.69) is 13.0 Å². The number of benzene rings is 2. The summed E-state index contributed by atoms with van der Waals surface area (Å²) in [5.41, 5.74) is 3.95. The van der Waals surface area contributed by atoms with Crippen LogP contribution in [0, 0.1) is 0 Å². The van der Waals surface area contributed by atoms with Crippen LogP contribution < -0.4 is 9.64 Å². The van der Waals surface area contributed by atoms with E-state index in [4.69, 9.17) is 4.74 Å². The van der Waals surface area contributed by atoms with E-state index < -0.39 is 0 Å². The normalized spacial score (nSPS) is 16.2. The van der Waals surface area contributed by atoms with Crippen molar-refractivity contribution in [2.45, 2.75) is 26.2 Å². The van der Waals surface area contributed by atoms with Crippen LogP contribution in [0.4, 0.5) is 5.69 Å². The fourth-order valence-corrected chi connectivity index (χ4v) is 3.92. The number of rotatable bonds is 6. The summed E-state index contributed by atoms with van der Waals surface area (Å²) < 4.78 is 5.24. The predicted molar refractivity (Wildman–Crippen MR) is 109 cm³/mol. The molecule has 0 unspecified atom stereocenters. The zero-order chi connectivity index (χ0) is 19.7. The lowest BCUT2D eigenvalue weighted by molar-refractivity contribution is -0.136. The molecule has 2 aromatic rings. The van der Waals surface area contributed by atoms with Gasteiger partial charge in [0.25, 0.3) is 11.8 Å². The molecule has 0 saturated heterocycles. The lowest BCUT2D eigenvalue weighted by Crippen LogP contribution is -2.35. The number of imide groups is 1. The van der Waals surface area contributed by atoms with E-state index in [1.807, 2.05) is 47.4 Å². The van der Waals surface area contributed by atoms with Crippen LogP contribution in [0.15, 0.2) is 54.2 Å². The number of hydrogen-bond donors (Lipinski definition) is 0. The molecular weight excluding hydrogens is 352 g/mol. The van der Waals surface area contributed by atoms with Crippen LogP contribution in [0.2, 0.25) is 0 Å². The van der Waals surface area contributed by atoms with Gasteiger partial charge in [-0.15, -0.1) is 0 Å². The highest BCUT2D eigenvalue weighted by Crippen LogP contribution is 2.38. The third kappa shape index (κ3) is 2.97. The molecule has 4 rings (SSSR count). The number of carbonyl (C=O) groups excluding carboxylic acids is 2. The molecule has 0 aromatic heterocycles. The van der Waals surface area contributed by atoms with E-state index in [1.165, 1.54) is 10.5 Å². The Bertz CT molecular complexity index is 947. The molecule has 2 heterocycles. The van der Waals surface area contributed by atoms with Crippen LogP contribution in [0.5, 0.6) is 5.75 Å². The number of carbonyl (C=O) groups is 2. The van der Waals surface area contributed by atoms with Gasteiger partial charge in [0.15, 0.2) is 0 Å². The first kappa shape index (κ1) is 18.3. The number of methoxy groups -OCH3 is 1. The van der Waals surface area contributed by atoms with Crippen molar-refractivity contribution in [3.05, 3.63) is 65.4 Å². The second-order valence-corrected chi connectivity index (χ2v) is 7.10. The van der Waals surface area contributed by atoms with E-state index in [9.17, 15) is 9.59 Å². The Morgan fingerprint density at radius 2 is 1.75 bits per heavy atom. The van der Waals surface area contributed by atoms with Crippen LogP contribution in [-0.4, -0.2) is 36.9 Å². The van der Waals surface area contributed by atoms with Gasteiger partial charge >= 0.3 is 0 Å². The molecule has 28 heavy (non-hydrogen) atoms. The molecule has 5 heteroatoms. The second-order valence-electron chi connectivity index (χ2n) is 7.10. The molecule has 2 aliphatic heterocycles. The summed E-state index contributed by atoms with van der Waals surface area (Å²) in [4.78, 5) is 30.0. The Labute approximate surface area is 165 Å². The molecule has 2 aromatic carbocycles. The van der Waals surface area contributed by atoms with Crippen molar-refractivity contribution < 1.29 is 14.3 Å². The van der Waals surface area contributed by atoms with Gasteiger partial charge in [0, 0.05) is 18.8 Å². The topological polar surface area (TPSA) is 49.9 Å². The highest BCUT2D eigenvalue weighted by Gasteiger charge is 2.42. The smallest absolute Gasteiger partial charge is 0.278 e. The van der Waals surface area contributed by atoms with Crippen LogP contribution in [-0.2, 0) is 16.0 Å². The molecule has 0 bridgehead atoms. The molecule has 5 nitrogen and oxygen atoms in total. The van der Waals surface area contributed by atoms with E-state index in [1.54, 1.807) is 7.11 Å². The molecule has 0 N–H and O–H groups in total. The molecule has 2 aliphatic rings. The standard InChI is InChI=1S/C23H24N2O3/c1-3-4-14-25-22(26)20(17-9-11-18(28-2)12-10-17)21(23(25)27)24-15-13-16-7-5-6-8-19(16)24/h5-12H,3-4,13-15H2,1-2H3. The van der Waals surface area contributed by atoms with Gasteiger partial charge in [0.2, 0.25) is 0 Å². The predicted octanol–water partition coefficient (Wildman–Crippen LogP) is 3.64. The Morgan fingerprint density at radius 1 is 1.00 bits per heavy atom. The minimum absolute atomic E-state index is 0.194. The number of anilines is 1. The maximum absolute atomic E-state index is 13.3. The lowest BCUT2D eigenvalue weighted by Gasteiger charge is -2.21. The van der Waals surface area contributed by atoms with E-state index in [-0.39, 0.29) is 11.8 Å². The number of unbranched alkanes of at least 4 members (excludes halogenated alkanes) is 1. The second kappa shape index (κ2) is 7.50. The SMILES string of the molecule is CCCCN1C(=O)C(c2ccc(OC)cc2)=C(N2CCc3ccccc32)C1=O. The van der Waals surface area contributed by atoms with Gasteiger partial charge in [-0.1, -0.05) is 43.7 Å². The summed E-state index contributed by atoms with van der Waals surface area (Å²) in [6, 6.07) is 15.4. The van der Waals surface area contributed by atoms with Crippen molar-refractivity contribution >= 4 is 23.1 Å². The minimum Gasteiger partial charge on any atom is -0.497 e. The van der Waals surface area contributed by atoms with E-state index in [0.29, 0.717) is 24.4 Å². The molecular formula is C23H24N2O3. The average molecular weight is 376 g/mol. The van der Waals surface area contributed by atoms with Gasteiger partial charge in [-0.05, 0) is 42.2 Å². The van der Waals surface area contributed by atoms with Gasteiger partial charge in [-0.2, -0.15) is 0 Å². The van der Waals surface area contributed by atoms with Gasteiger partial charge in [0.05, 0.1) is 12.7 Å². The van der Waals surface area contributed by atoms with Crippen molar-refractivity contribution in [3.63, 3.8) is 0 Å². The first-order valence-corrected chi connectivity index (χ1v) is 9.76. The van der Waals surface area contributed by atoms with Crippen LogP contribution >= 0.6 is 0 Å². The Balaban J connectivity index is 1.82. The minimum atomic E-state index is -0.206. The number of amides is 2. The molecule has 0 radical (unpaired) electrons. The summed E-state index contributed by atoms with van der Waals surface area (Å²) >= 11 is 0. The first-order chi connectivity index (χ1) is 13.7. The highest BCUT2D eigenvalue weighted by atomic mass is 16.5. The zero-order valence-electron chi connectivity index (χ0n) is 16.3. The summed E-state index contributed by atoms with van der Waals surface area (Å²) in [5.74, 6) is 0.320. The van der Waals surface area contributed by atoms with Gasteiger partial charge in [0.1, 0.15) is 11.4 Å². The highest BCUT2D eigenvalue weighted by molar-refractivity contribution is 6.36. The summed E-state index contributed by atoms with van der Waals surface area (Å²) in [7, 11) is 1.61. The van der Waals surface area contributed by atoms with E-state index >= 15 is 0 Å². The maximum Gasteiger partial charge on any atom is 0.278 e. The maximum atomic E-state index is 13.3. The van der Waals surface area contributed by atoms with Crippen LogP contribution in [0.3, 0.4) is 0 Å². The van der Waals surface area contributed by atoms with Crippen molar-refractivity contribution in [1.82, 2.24) is 4.90 Å². The zero-order valence-corrected chi connectivity index (χ0v) is 16.3. The fourth-order valence-electron chi connectivity index (χ4n) is 3.92. The average Bonchev–Trinajstić information content (AvgIpc) is 3.25. The lowest BCUT2D eigenvalue weighted by atomic mass is 10.0. The number of ether oxygens (including phenoxy) is 1. The monoisotopic (exact) mass is 376 g/mol. The van der Waals surface area contributed by atoms with E-state index in [0.717, 1.165) is 36.3 Å². The molecule has 0 fully saturated rings. The third-order valence-electron chi connectivity index (χ3n) is 5.41. The van der Waals surface area contributed by atoms with Gasteiger partial charge < -0.3 is 9.64 Å².